The molecule has 0 aromatic rings. The monoisotopic (exact) mass is 656 g/mol. The zero-order chi connectivity index (χ0) is 33.8. The topological polar surface area (TPSA) is 152 Å². The number of ether oxygens (including phenoxy) is 4. The first-order chi connectivity index (χ1) is 22.3. The van der Waals surface area contributed by atoms with Crippen LogP contribution in [0.2, 0.25) is 0 Å². The summed E-state index contributed by atoms with van der Waals surface area (Å²) in [6.45, 7) is 3.29. The maximum atomic E-state index is 12.6. The van der Waals surface area contributed by atoms with Crippen LogP contribution in [-0.4, -0.2) is 89.0 Å². The lowest BCUT2D eigenvalue weighted by Gasteiger charge is -2.39. The summed E-state index contributed by atoms with van der Waals surface area (Å²) in [6.07, 6.45) is 19.4. The Morgan fingerprint density at radius 3 is 1.89 bits per heavy atom. The highest BCUT2D eigenvalue weighted by atomic mass is 16.7. The van der Waals surface area contributed by atoms with Gasteiger partial charge in [0.05, 0.1) is 13.2 Å². The van der Waals surface area contributed by atoms with E-state index in [9.17, 15) is 30.0 Å². The fraction of sp³-hybridized carbons (Fsp3) is 0.833. The predicted octanol–water partition coefficient (Wildman–Crippen LogP) is 5.82. The summed E-state index contributed by atoms with van der Waals surface area (Å²) >= 11 is 0. The van der Waals surface area contributed by atoms with Crippen molar-refractivity contribution in [2.45, 2.75) is 173 Å². The van der Waals surface area contributed by atoms with Crippen molar-refractivity contribution in [3.8, 4) is 0 Å². The molecule has 3 unspecified atom stereocenters. The lowest BCUT2D eigenvalue weighted by Crippen LogP contribution is -2.59. The van der Waals surface area contributed by atoms with Crippen LogP contribution in [0.4, 0.5) is 0 Å². The van der Waals surface area contributed by atoms with E-state index in [0.29, 0.717) is 6.42 Å². The molecular formula is C36H64O10. The van der Waals surface area contributed by atoms with Gasteiger partial charge in [0.15, 0.2) is 12.4 Å². The summed E-state index contributed by atoms with van der Waals surface area (Å²) in [5.74, 6) is -0.892. The second-order valence-electron chi connectivity index (χ2n) is 12.3. The number of aliphatic hydroxyl groups is 4. The molecule has 46 heavy (non-hydrogen) atoms. The maximum Gasteiger partial charge on any atom is 0.306 e. The van der Waals surface area contributed by atoms with Crippen molar-refractivity contribution in [3.05, 3.63) is 24.3 Å². The zero-order valence-electron chi connectivity index (χ0n) is 28.6. The van der Waals surface area contributed by atoms with Gasteiger partial charge in [0, 0.05) is 12.8 Å². The van der Waals surface area contributed by atoms with E-state index in [2.05, 4.69) is 26.0 Å². The average molecular weight is 657 g/mol. The quantitative estimate of drug-likeness (QED) is 0.0460. The Bertz CT molecular complexity index is 815. The Labute approximate surface area is 277 Å². The molecule has 10 nitrogen and oxygen atoms in total. The van der Waals surface area contributed by atoms with E-state index in [0.717, 1.165) is 38.5 Å². The Morgan fingerprint density at radius 1 is 0.674 bits per heavy atom. The average Bonchev–Trinajstić information content (AvgIpc) is 3.05. The van der Waals surface area contributed by atoms with Crippen LogP contribution in [0, 0.1) is 0 Å². The normalized spacial score (nSPS) is 22.4. The van der Waals surface area contributed by atoms with Gasteiger partial charge < -0.3 is 39.4 Å². The van der Waals surface area contributed by atoms with Gasteiger partial charge in [-0.2, -0.15) is 0 Å². The van der Waals surface area contributed by atoms with Gasteiger partial charge in [-0.25, -0.2) is 0 Å². The number of carbonyl (C=O) groups excluding carboxylic acids is 2. The van der Waals surface area contributed by atoms with Gasteiger partial charge in [-0.15, -0.1) is 0 Å². The van der Waals surface area contributed by atoms with Gasteiger partial charge >= 0.3 is 11.9 Å². The maximum absolute atomic E-state index is 12.6. The number of allylic oxidation sites excluding steroid dienone is 4. The van der Waals surface area contributed by atoms with Crippen molar-refractivity contribution in [2.24, 2.45) is 0 Å². The van der Waals surface area contributed by atoms with E-state index in [1.54, 1.807) is 0 Å². The molecule has 1 fully saturated rings. The van der Waals surface area contributed by atoms with Gasteiger partial charge in [-0.1, -0.05) is 115 Å². The molecule has 0 aliphatic carbocycles. The van der Waals surface area contributed by atoms with Crippen LogP contribution in [0.15, 0.2) is 24.3 Å². The Morgan fingerprint density at radius 2 is 1.26 bits per heavy atom. The first-order valence-electron chi connectivity index (χ1n) is 17.9. The molecule has 0 bridgehead atoms. The molecule has 0 saturated carbocycles. The lowest BCUT2D eigenvalue weighted by molar-refractivity contribution is -0.305. The third-order valence-electron chi connectivity index (χ3n) is 8.10. The largest absolute Gasteiger partial charge is 0.462 e. The van der Waals surface area contributed by atoms with Crippen LogP contribution >= 0.6 is 0 Å². The van der Waals surface area contributed by atoms with Gasteiger partial charge in [0.1, 0.15) is 31.0 Å². The third kappa shape index (κ3) is 20.4. The lowest BCUT2D eigenvalue weighted by atomic mass is 9.99. The molecule has 10 heteroatoms. The van der Waals surface area contributed by atoms with Crippen LogP contribution < -0.4 is 0 Å². The van der Waals surface area contributed by atoms with Crippen molar-refractivity contribution >= 4 is 11.9 Å². The fourth-order valence-corrected chi connectivity index (χ4v) is 5.18. The number of rotatable bonds is 28. The van der Waals surface area contributed by atoms with Crippen molar-refractivity contribution < 1.29 is 49.0 Å². The molecule has 0 aromatic carbocycles. The summed E-state index contributed by atoms with van der Waals surface area (Å²) in [5, 5.41) is 39.7. The van der Waals surface area contributed by atoms with E-state index in [1.807, 2.05) is 12.2 Å². The smallest absolute Gasteiger partial charge is 0.306 e. The van der Waals surface area contributed by atoms with Gasteiger partial charge in [0.25, 0.3) is 0 Å². The highest BCUT2D eigenvalue weighted by Crippen LogP contribution is 2.22. The van der Waals surface area contributed by atoms with E-state index in [4.69, 9.17) is 18.9 Å². The molecule has 1 aliphatic heterocycles. The second-order valence-corrected chi connectivity index (χ2v) is 12.3. The molecule has 1 heterocycles. The minimum atomic E-state index is -1.60. The number of hydrogen-bond acceptors (Lipinski definition) is 10. The molecule has 268 valence electrons. The molecular weight excluding hydrogens is 592 g/mol. The second kappa shape index (κ2) is 28.2. The zero-order valence-corrected chi connectivity index (χ0v) is 28.6. The fourth-order valence-electron chi connectivity index (χ4n) is 5.18. The molecule has 1 aliphatic rings. The molecule has 1 rings (SSSR count). The predicted molar refractivity (Wildman–Crippen MR) is 178 cm³/mol. The minimum absolute atomic E-state index is 0.126. The van der Waals surface area contributed by atoms with Crippen LogP contribution in [0.1, 0.15) is 136 Å². The summed E-state index contributed by atoms with van der Waals surface area (Å²) in [4.78, 5) is 25.0. The Balaban J connectivity index is 2.48. The van der Waals surface area contributed by atoms with Crippen LogP contribution in [0.3, 0.4) is 0 Å². The van der Waals surface area contributed by atoms with Gasteiger partial charge in [-0.3, -0.25) is 9.59 Å². The number of unbranched alkanes of at least 4 members (excludes halogenated alkanes) is 13. The van der Waals surface area contributed by atoms with Crippen molar-refractivity contribution in [1.82, 2.24) is 0 Å². The molecule has 0 spiro atoms. The van der Waals surface area contributed by atoms with Gasteiger partial charge in [-0.05, 0) is 32.1 Å². The first kappa shape index (κ1) is 42.2. The molecule has 1 saturated heterocycles. The first-order valence-corrected chi connectivity index (χ1v) is 17.9. The van der Waals surface area contributed by atoms with E-state index < -0.39 is 55.4 Å². The molecule has 4 N–H and O–H groups in total. The van der Waals surface area contributed by atoms with E-state index >= 15 is 0 Å². The standard InChI is InChI=1S/C36H64O10/c1-3-5-7-9-11-13-14-15-16-17-19-21-23-25-32(39)45-29(27-43-31(38)24-22-20-18-12-10-8-6-4-2)28-44-36-35(42)34(41)33(40)30(26-37)46-36/h15-16,19,21,29-30,33-37,40-42H,3-14,17-18,20,22-28H2,1-2H3/b16-15+,21-19+/t29?,30-,33+,34?,35?,36-/m1/s1. The molecule has 6 atom stereocenters. The minimum Gasteiger partial charge on any atom is -0.462 e. The van der Waals surface area contributed by atoms with Crippen LogP contribution in [0.25, 0.3) is 0 Å². The highest BCUT2D eigenvalue weighted by molar-refractivity contribution is 5.70. The van der Waals surface area contributed by atoms with Crippen molar-refractivity contribution in [3.63, 3.8) is 0 Å². The third-order valence-corrected chi connectivity index (χ3v) is 8.10. The molecule has 0 aromatic heterocycles. The van der Waals surface area contributed by atoms with E-state index in [-0.39, 0.29) is 26.1 Å². The summed E-state index contributed by atoms with van der Waals surface area (Å²) < 4.78 is 21.9. The van der Waals surface area contributed by atoms with Crippen molar-refractivity contribution in [2.75, 3.05) is 19.8 Å². The van der Waals surface area contributed by atoms with E-state index in [1.165, 1.54) is 64.2 Å². The SMILES string of the molecule is CCCCCCCC/C=C/C/C=C/CCC(=O)OC(COC(=O)CCCCCCCCCC)CO[C@@H]1O[C@H](CO)[C@H](O)C(O)C1O. The van der Waals surface area contributed by atoms with Crippen LogP contribution in [0.5, 0.6) is 0 Å². The molecule has 0 amide bonds. The summed E-state index contributed by atoms with van der Waals surface area (Å²) in [5.41, 5.74) is 0. The Hall–Kier alpha value is -1.82. The highest BCUT2D eigenvalue weighted by Gasteiger charge is 2.44. The van der Waals surface area contributed by atoms with Gasteiger partial charge in [0.2, 0.25) is 0 Å². The van der Waals surface area contributed by atoms with Crippen LogP contribution in [-0.2, 0) is 28.5 Å². The van der Waals surface area contributed by atoms with Crippen molar-refractivity contribution in [1.29, 1.82) is 0 Å². The Kier molecular flexibility index (Phi) is 25.9. The number of hydrogen-bond donors (Lipinski definition) is 4. The number of carbonyl (C=O) groups is 2. The number of aliphatic hydroxyl groups excluding tert-OH is 4. The summed E-state index contributed by atoms with van der Waals surface area (Å²) in [6, 6.07) is 0. The number of esters is 2. The molecule has 0 radical (unpaired) electrons. The summed E-state index contributed by atoms with van der Waals surface area (Å²) in [7, 11) is 0.